The first-order chi connectivity index (χ1) is 15.3. The quantitative estimate of drug-likeness (QED) is 0.390. The molecule has 0 aliphatic heterocycles. The van der Waals surface area contributed by atoms with Crippen LogP contribution in [0.4, 0.5) is 0 Å². The molecule has 148 valence electrons. The molecule has 0 amide bonds. The highest BCUT2D eigenvalue weighted by atomic mass is 14.8. The fraction of sp³-hybridized carbons (Fsp3) is 0.0385. The van der Waals surface area contributed by atoms with Gasteiger partial charge in [0, 0.05) is 24.2 Å². The summed E-state index contributed by atoms with van der Waals surface area (Å²) in [5, 5.41) is 0. The zero-order chi connectivity index (χ0) is 21.0. The number of nitrogens with zero attached hydrogens (tertiary/aromatic N) is 5. The van der Waals surface area contributed by atoms with Crippen LogP contribution in [0, 0.1) is 6.92 Å². The average molecular weight is 401 g/mol. The van der Waals surface area contributed by atoms with E-state index in [9.17, 15) is 0 Å². The third kappa shape index (κ3) is 4.07. The summed E-state index contributed by atoms with van der Waals surface area (Å²) in [6.45, 7) is 2.05. The minimum Gasteiger partial charge on any atom is -0.255 e. The molecule has 5 heteroatoms. The number of rotatable bonds is 4. The first-order valence-corrected chi connectivity index (χ1v) is 10.0. The molecule has 0 fully saturated rings. The molecule has 0 N–H and O–H groups in total. The van der Waals surface area contributed by atoms with Gasteiger partial charge in [0.25, 0.3) is 0 Å². The van der Waals surface area contributed by atoms with Gasteiger partial charge in [0.15, 0.2) is 0 Å². The van der Waals surface area contributed by atoms with Gasteiger partial charge in [0.1, 0.15) is 0 Å². The summed E-state index contributed by atoms with van der Waals surface area (Å²) in [5.74, 6) is 0. The normalized spacial score (nSPS) is 10.7. The van der Waals surface area contributed by atoms with Crippen molar-refractivity contribution in [3.8, 4) is 45.4 Å². The first kappa shape index (κ1) is 18.8. The van der Waals surface area contributed by atoms with Crippen molar-refractivity contribution in [2.24, 2.45) is 0 Å². The van der Waals surface area contributed by atoms with E-state index in [-0.39, 0.29) is 0 Å². The van der Waals surface area contributed by atoms with Crippen molar-refractivity contribution in [2.45, 2.75) is 6.92 Å². The van der Waals surface area contributed by atoms with Crippen LogP contribution in [0.2, 0.25) is 0 Å². The lowest BCUT2D eigenvalue weighted by Gasteiger charge is -2.10. The van der Waals surface area contributed by atoms with E-state index >= 15 is 0 Å². The summed E-state index contributed by atoms with van der Waals surface area (Å²) >= 11 is 0. The monoisotopic (exact) mass is 401 g/mol. The van der Waals surface area contributed by atoms with Gasteiger partial charge < -0.3 is 0 Å². The lowest BCUT2D eigenvalue weighted by atomic mass is 10.1. The maximum atomic E-state index is 4.89. The number of aromatic nitrogens is 5. The highest BCUT2D eigenvalue weighted by Crippen LogP contribution is 2.29. The molecule has 0 saturated heterocycles. The Hall–Kier alpha value is -4.25. The van der Waals surface area contributed by atoms with E-state index in [0.717, 1.165) is 51.0 Å². The van der Waals surface area contributed by atoms with Crippen LogP contribution in [0.5, 0.6) is 0 Å². The lowest BCUT2D eigenvalue weighted by molar-refractivity contribution is 1.21. The predicted molar refractivity (Wildman–Crippen MR) is 122 cm³/mol. The van der Waals surface area contributed by atoms with Gasteiger partial charge in [-0.25, -0.2) is 9.97 Å². The third-order valence-corrected chi connectivity index (χ3v) is 4.90. The van der Waals surface area contributed by atoms with Crippen molar-refractivity contribution in [1.82, 2.24) is 24.9 Å². The van der Waals surface area contributed by atoms with Crippen molar-refractivity contribution in [3.63, 3.8) is 0 Å². The highest BCUT2D eigenvalue weighted by Gasteiger charge is 2.12. The minimum atomic E-state index is 0.777. The molecule has 0 atom stereocenters. The van der Waals surface area contributed by atoms with Gasteiger partial charge in [-0.05, 0) is 73.2 Å². The summed E-state index contributed by atoms with van der Waals surface area (Å²) < 4.78 is 0. The molecule has 31 heavy (non-hydrogen) atoms. The van der Waals surface area contributed by atoms with Crippen LogP contribution in [-0.4, -0.2) is 24.9 Å². The molecule has 0 unspecified atom stereocenters. The molecule has 5 aromatic heterocycles. The molecule has 0 aromatic carbocycles. The Morgan fingerprint density at radius 1 is 0.452 bits per heavy atom. The molecular formula is C26H19N5. The van der Waals surface area contributed by atoms with Crippen molar-refractivity contribution >= 4 is 0 Å². The average Bonchev–Trinajstić information content (AvgIpc) is 2.85. The second-order valence-electron chi connectivity index (χ2n) is 7.18. The smallest absolute Gasteiger partial charge is 0.0901 e. The minimum absolute atomic E-state index is 0.777. The molecule has 5 nitrogen and oxygen atoms in total. The van der Waals surface area contributed by atoms with Crippen LogP contribution in [0.15, 0.2) is 97.5 Å². The molecule has 0 aliphatic carbocycles. The Balaban J connectivity index is 1.66. The predicted octanol–water partition coefficient (Wildman–Crippen LogP) is 5.64. The van der Waals surface area contributed by atoms with Gasteiger partial charge in [0.2, 0.25) is 0 Å². The van der Waals surface area contributed by atoms with Crippen LogP contribution >= 0.6 is 0 Å². The van der Waals surface area contributed by atoms with Crippen LogP contribution in [0.25, 0.3) is 45.4 Å². The summed E-state index contributed by atoms with van der Waals surface area (Å²) in [6.07, 6.45) is 5.35. The Kier molecular flexibility index (Phi) is 4.99. The van der Waals surface area contributed by atoms with Crippen LogP contribution in [-0.2, 0) is 0 Å². The number of hydrogen-bond donors (Lipinski definition) is 0. The van der Waals surface area contributed by atoms with E-state index in [1.807, 2.05) is 85.1 Å². The number of pyridine rings is 5. The molecule has 0 radical (unpaired) electrons. The Bertz CT molecular complexity index is 1280. The maximum absolute atomic E-state index is 4.89. The van der Waals surface area contributed by atoms with Crippen molar-refractivity contribution in [2.75, 3.05) is 0 Å². The van der Waals surface area contributed by atoms with Gasteiger partial charge in [-0.1, -0.05) is 18.2 Å². The summed E-state index contributed by atoms with van der Waals surface area (Å²) in [7, 11) is 0. The first-order valence-electron chi connectivity index (χ1n) is 10.0. The SMILES string of the molecule is Cc1ccnc(-c2cccc(-c3cc(-c4ccccn4)nc(-c4ccccn4)c3)n2)c1. The Labute approximate surface area is 180 Å². The van der Waals surface area contributed by atoms with Crippen molar-refractivity contribution in [1.29, 1.82) is 0 Å². The second kappa shape index (κ2) is 8.24. The molecule has 5 heterocycles. The van der Waals surface area contributed by atoms with Crippen LogP contribution in [0.1, 0.15) is 5.56 Å². The van der Waals surface area contributed by atoms with Crippen molar-refractivity contribution in [3.05, 3.63) is 103 Å². The second-order valence-corrected chi connectivity index (χ2v) is 7.18. The van der Waals surface area contributed by atoms with Gasteiger partial charge in [-0.15, -0.1) is 0 Å². The summed E-state index contributed by atoms with van der Waals surface area (Å²) in [6, 6.07) is 25.6. The third-order valence-electron chi connectivity index (χ3n) is 4.90. The van der Waals surface area contributed by atoms with E-state index in [1.54, 1.807) is 12.4 Å². The molecular weight excluding hydrogens is 382 g/mol. The van der Waals surface area contributed by atoms with E-state index in [0.29, 0.717) is 0 Å². The van der Waals surface area contributed by atoms with Gasteiger partial charge in [-0.2, -0.15) is 0 Å². The maximum Gasteiger partial charge on any atom is 0.0901 e. The van der Waals surface area contributed by atoms with Crippen LogP contribution in [0.3, 0.4) is 0 Å². The lowest BCUT2D eigenvalue weighted by Crippen LogP contribution is -1.95. The standard InChI is InChI=1S/C26H19N5/c1-18-11-14-29-24(15-18)23-10-6-9-20(30-23)19-16-25(21-7-2-4-12-27-21)31-26(17-19)22-8-3-5-13-28-22/h2-17H,1H3. The van der Waals surface area contributed by atoms with Gasteiger partial charge in [0.05, 0.1) is 39.9 Å². The molecule has 0 bridgehead atoms. The van der Waals surface area contributed by atoms with E-state index < -0.39 is 0 Å². The number of aryl methyl sites for hydroxylation is 1. The van der Waals surface area contributed by atoms with E-state index in [2.05, 4.69) is 21.9 Å². The molecule has 5 aromatic rings. The molecule has 0 spiro atoms. The molecule has 0 saturated carbocycles. The highest BCUT2D eigenvalue weighted by molar-refractivity contribution is 5.74. The zero-order valence-corrected chi connectivity index (χ0v) is 17.0. The Morgan fingerprint density at radius 2 is 1.03 bits per heavy atom. The molecule has 0 aliphatic rings. The largest absolute Gasteiger partial charge is 0.255 e. The fourth-order valence-electron chi connectivity index (χ4n) is 3.38. The van der Waals surface area contributed by atoms with Gasteiger partial charge >= 0.3 is 0 Å². The van der Waals surface area contributed by atoms with Gasteiger partial charge in [-0.3, -0.25) is 15.0 Å². The molecule has 5 rings (SSSR count). The van der Waals surface area contributed by atoms with E-state index in [1.165, 1.54) is 0 Å². The topological polar surface area (TPSA) is 64.5 Å². The van der Waals surface area contributed by atoms with Crippen LogP contribution < -0.4 is 0 Å². The fourth-order valence-corrected chi connectivity index (χ4v) is 3.38. The van der Waals surface area contributed by atoms with Crippen molar-refractivity contribution < 1.29 is 0 Å². The number of hydrogen-bond acceptors (Lipinski definition) is 5. The van der Waals surface area contributed by atoms with E-state index in [4.69, 9.17) is 9.97 Å². The summed E-state index contributed by atoms with van der Waals surface area (Å²) in [5.41, 5.74) is 7.79. The Morgan fingerprint density at radius 3 is 1.65 bits per heavy atom. The zero-order valence-electron chi connectivity index (χ0n) is 17.0. The summed E-state index contributed by atoms with van der Waals surface area (Å²) in [4.78, 5) is 23.2.